The first-order chi connectivity index (χ1) is 13.0. The first-order valence-electron chi connectivity index (χ1n) is 9.37. The average molecular weight is 369 g/mol. The Balaban J connectivity index is 1.64. The van der Waals surface area contributed by atoms with Crippen LogP contribution in [0.2, 0.25) is 0 Å². The molecule has 0 atom stereocenters. The molecule has 3 rings (SSSR count). The van der Waals surface area contributed by atoms with Crippen molar-refractivity contribution in [2.75, 3.05) is 31.8 Å². The van der Waals surface area contributed by atoms with Crippen LogP contribution in [0.25, 0.3) is 0 Å². The van der Waals surface area contributed by atoms with Gasteiger partial charge in [-0.05, 0) is 43.0 Å². The van der Waals surface area contributed by atoms with Crippen molar-refractivity contribution in [1.29, 1.82) is 0 Å². The number of nitrogens with zero attached hydrogens (tertiary/aromatic N) is 3. The predicted molar refractivity (Wildman–Crippen MR) is 106 cm³/mol. The van der Waals surface area contributed by atoms with Crippen LogP contribution in [0.1, 0.15) is 42.5 Å². The molecule has 1 aromatic heterocycles. The van der Waals surface area contributed by atoms with Crippen molar-refractivity contribution in [3.05, 3.63) is 35.9 Å². The van der Waals surface area contributed by atoms with Crippen molar-refractivity contribution in [2.45, 2.75) is 32.1 Å². The lowest BCUT2D eigenvalue weighted by atomic mass is 9.90. The van der Waals surface area contributed by atoms with Crippen LogP contribution >= 0.6 is 0 Å². The molecule has 1 heterocycles. The molecule has 1 fully saturated rings. The maximum absolute atomic E-state index is 12.0. The highest BCUT2D eigenvalue weighted by Crippen LogP contribution is 2.25. The molecule has 0 aliphatic heterocycles. The van der Waals surface area contributed by atoms with Gasteiger partial charge in [-0.3, -0.25) is 4.79 Å². The van der Waals surface area contributed by atoms with Gasteiger partial charge in [0.2, 0.25) is 11.8 Å². The van der Waals surface area contributed by atoms with Crippen LogP contribution < -0.4 is 15.8 Å². The number of ether oxygens (including phenoxy) is 1. The van der Waals surface area contributed by atoms with E-state index in [-0.39, 0.29) is 5.91 Å². The molecule has 1 saturated carbocycles. The molecule has 0 saturated heterocycles. The molecule has 3 N–H and O–H groups in total. The van der Waals surface area contributed by atoms with Gasteiger partial charge < -0.3 is 20.7 Å². The van der Waals surface area contributed by atoms with Gasteiger partial charge in [0.05, 0.1) is 6.61 Å². The van der Waals surface area contributed by atoms with Crippen LogP contribution in [0.15, 0.2) is 30.3 Å². The largest absolute Gasteiger partial charge is 0.477 e. The summed E-state index contributed by atoms with van der Waals surface area (Å²) in [5.41, 5.74) is 7.29. The molecule has 1 aliphatic rings. The molecule has 1 aliphatic carbocycles. The Morgan fingerprint density at radius 2 is 1.89 bits per heavy atom. The zero-order chi connectivity index (χ0) is 19.2. The summed E-state index contributed by atoms with van der Waals surface area (Å²) in [5, 5.41) is 3.11. The predicted octanol–water partition coefficient (Wildman–Crippen LogP) is 3.46. The summed E-state index contributed by atoms with van der Waals surface area (Å²) < 4.78 is 5.86. The third-order valence-corrected chi connectivity index (χ3v) is 4.71. The number of nitrogens with two attached hydrogens (primary N) is 1. The van der Waals surface area contributed by atoms with E-state index in [4.69, 9.17) is 10.5 Å². The Morgan fingerprint density at radius 3 is 2.56 bits per heavy atom. The summed E-state index contributed by atoms with van der Waals surface area (Å²) in [7, 11) is 3.45. The quantitative estimate of drug-likeness (QED) is 0.810. The van der Waals surface area contributed by atoms with E-state index < -0.39 is 0 Å². The third-order valence-electron chi connectivity index (χ3n) is 4.71. The van der Waals surface area contributed by atoms with E-state index in [1.807, 2.05) is 12.1 Å². The van der Waals surface area contributed by atoms with Crippen molar-refractivity contribution in [3.63, 3.8) is 0 Å². The van der Waals surface area contributed by atoms with Gasteiger partial charge >= 0.3 is 0 Å². The van der Waals surface area contributed by atoms with Gasteiger partial charge in [0.25, 0.3) is 5.91 Å². The smallest absolute Gasteiger partial charge is 0.253 e. The van der Waals surface area contributed by atoms with Gasteiger partial charge in [0.15, 0.2) is 0 Å². The summed E-state index contributed by atoms with van der Waals surface area (Å²) in [5.74, 6) is 1.76. The van der Waals surface area contributed by atoms with Crippen molar-refractivity contribution < 1.29 is 9.53 Å². The van der Waals surface area contributed by atoms with E-state index in [0.717, 1.165) is 5.69 Å². The zero-order valence-electron chi connectivity index (χ0n) is 15.9. The SMILES string of the molecule is CN(C)C(=O)c1ccc(Nc2nc(N)cc(OCC3CCCCC3)n2)cc1. The molecule has 1 aromatic carbocycles. The number of carbonyl (C=O) groups excluding carboxylic acids is 1. The second kappa shape index (κ2) is 8.70. The third kappa shape index (κ3) is 5.32. The van der Waals surface area contributed by atoms with Crippen LogP contribution in [-0.4, -0.2) is 41.5 Å². The lowest BCUT2D eigenvalue weighted by Crippen LogP contribution is -2.21. The van der Waals surface area contributed by atoms with Gasteiger partial charge in [0, 0.05) is 31.4 Å². The minimum Gasteiger partial charge on any atom is -0.477 e. The van der Waals surface area contributed by atoms with Crippen molar-refractivity contribution in [3.8, 4) is 5.88 Å². The molecular formula is C20H27N5O2. The van der Waals surface area contributed by atoms with E-state index in [2.05, 4.69) is 15.3 Å². The van der Waals surface area contributed by atoms with Crippen LogP contribution in [0.4, 0.5) is 17.5 Å². The number of nitrogens with one attached hydrogen (secondary N) is 1. The second-order valence-electron chi connectivity index (χ2n) is 7.17. The highest BCUT2D eigenvalue weighted by Gasteiger charge is 2.15. The van der Waals surface area contributed by atoms with Gasteiger partial charge in [-0.25, -0.2) is 0 Å². The highest BCUT2D eigenvalue weighted by molar-refractivity contribution is 5.94. The summed E-state index contributed by atoms with van der Waals surface area (Å²) in [4.78, 5) is 22.1. The summed E-state index contributed by atoms with van der Waals surface area (Å²) in [6.45, 7) is 0.664. The molecule has 27 heavy (non-hydrogen) atoms. The van der Waals surface area contributed by atoms with Crippen molar-refractivity contribution >= 4 is 23.4 Å². The first kappa shape index (κ1) is 18.9. The Bertz CT molecular complexity index is 770. The molecule has 0 bridgehead atoms. The summed E-state index contributed by atoms with van der Waals surface area (Å²) in [6.07, 6.45) is 6.30. The molecule has 0 spiro atoms. The molecule has 144 valence electrons. The van der Waals surface area contributed by atoms with Crippen molar-refractivity contribution in [2.24, 2.45) is 5.92 Å². The number of hydrogen-bond acceptors (Lipinski definition) is 6. The molecule has 7 nitrogen and oxygen atoms in total. The van der Waals surface area contributed by atoms with Gasteiger partial charge in [-0.1, -0.05) is 19.3 Å². The summed E-state index contributed by atoms with van der Waals surface area (Å²) >= 11 is 0. The molecule has 7 heteroatoms. The number of aromatic nitrogens is 2. The fourth-order valence-corrected chi connectivity index (χ4v) is 3.21. The zero-order valence-corrected chi connectivity index (χ0v) is 15.9. The molecular weight excluding hydrogens is 342 g/mol. The number of carbonyl (C=O) groups is 1. The average Bonchev–Trinajstić information content (AvgIpc) is 2.67. The second-order valence-corrected chi connectivity index (χ2v) is 7.17. The maximum atomic E-state index is 12.0. The van der Waals surface area contributed by atoms with Gasteiger partial charge in [-0.2, -0.15) is 9.97 Å². The van der Waals surface area contributed by atoms with E-state index in [0.29, 0.717) is 35.7 Å². The minimum atomic E-state index is -0.0415. The summed E-state index contributed by atoms with van der Waals surface area (Å²) in [6, 6.07) is 8.79. The fourth-order valence-electron chi connectivity index (χ4n) is 3.21. The normalized spacial score (nSPS) is 14.6. The Hall–Kier alpha value is -2.83. The molecule has 0 unspecified atom stereocenters. The number of benzene rings is 1. The van der Waals surface area contributed by atoms with Crippen LogP contribution in [0, 0.1) is 5.92 Å². The lowest BCUT2D eigenvalue weighted by molar-refractivity contribution is 0.0827. The van der Waals surface area contributed by atoms with Crippen LogP contribution in [0.5, 0.6) is 5.88 Å². The van der Waals surface area contributed by atoms with E-state index in [1.165, 1.54) is 32.1 Å². The fraction of sp³-hybridized carbons (Fsp3) is 0.450. The molecule has 1 amide bonds. The van der Waals surface area contributed by atoms with E-state index >= 15 is 0 Å². The number of hydrogen-bond donors (Lipinski definition) is 2. The first-order valence-corrected chi connectivity index (χ1v) is 9.37. The molecule has 0 radical (unpaired) electrons. The van der Waals surface area contributed by atoms with E-state index in [1.54, 1.807) is 37.2 Å². The lowest BCUT2D eigenvalue weighted by Gasteiger charge is -2.21. The van der Waals surface area contributed by atoms with Crippen molar-refractivity contribution in [1.82, 2.24) is 14.9 Å². The number of rotatable bonds is 6. The Kier molecular flexibility index (Phi) is 6.11. The maximum Gasteiger partial charge on any atom is 0.253 e. The number of anilines is 3. The monoisotopic (exact) mass is 369 g/mol. The van der Waals surface area contributed by atoms with E-state index in [9.17, 15) is 4.79 Å². The van der Waals surface area contributed by atoms with Crippen LogP contribution in [-0.2, 0) is 0 Å². The topological polar surface area (TPSA) is 93.4 Å². The Labute approximate surface area is 159 Å². The van der Waals surface area contributed by atoms with Gasteiger partial charge in [-0.15, -0.1) is 0 Å². The Morgan fingerprint density at radius 1 is 1.19 bits per heavy atom. The van der Waals surface area contributed by atoms with Gasteiger partial charge in [0.1, 0.15) is 5.82 Å². The minimum absolute atomic E-state index is 0.0415. The van der Waals surface area contributed by atoms with Crippen LogP contribution in [0.3, 0.4) is 0 Å². The highest BCUT2D eigenvalue weighted by atomic mass is 16.5. The standard InChI is InChI=1S/C20H27N5O2/c1-25(2)19(26)15-8-10-16(11-9-15)22-20-23-17(21)12-18(24-20)27-13-14-6-4-3-5-7-14/h8-12,14H,3-7,13H2,1-2H3,(H3,21,22,23,24). The molecule has 2 aromatic rings. The number of amides is 1. The number of nitrogen functional groups attached to an aromatic ring is 1.